The number of H-pyrrole nitrogens is 1. The molecule has 0 aromatic carbocycles. The lowest BCUT2D eigenvalue weighted by Gasteiger charge is -2.27. The number of imidazole rings is 1. The van der Waals surface area contributed by atoms with Crippen molar-refractivity contribution in [3.05, 3.63) is 18.2 Å². The Morgan fingerprint density at radius 2 is 1.60 bits per heavy atom. The Morgan fingerprint density at radius 3 is 2.09 bits per heavy atom. The van der Waals surface area contributed by atoms with Crippen molar-refractivity contribution in [3.8, 4) is 0 Å². The van der Waals surface area contributed by atoms with Crippen molar-refractivity contribution in [1.82, 2.24) is 25.9 Å². The Balaban J connectivity index is 3.00. The molecule has 1 heterocycles. The van der Waals surface area contributed by atoms with Crippen LogP contribution in [0.25, 0.3) is 0 Å². The molecule has 1 rings (SSSR count). The summed E-state index contributed by atoms with van der Waals surface area (Å²) in [5.74, 6) is -4.86. The lowest BCUT2D eigenvalue weighted by atomic mass is 10.0. The zero-order valence-corrected chi connectivity index (χ0v) is 20.4. The first-order valence-electron chi connectivity index (χ1n) is 11.4. The normalized spacial score (nSPS) is 14.6. The maximum Gasteiger partial charge on any atom is 0.326 e. The van der Waals surface area contributed by atoms with Crippen LogP contribution in [0.4, 0.5) is 0 Å². The second kappa shape index (κ2) is 14.0. The lowest BCUT2D eigenvalue weighted by Crippen LogP contribution is -2.59. The zero-order valence-electron chi connectivity index (χ0n) is 20.4. The van der Waals surface area contributed by atoms with Crippen LogP contribution in [0.1, 0.15) is 52.7 Å². The Bertz CT molecular complexity index is 872. The van der Waals surface area contributed by atoms with Gasteiger partial charge in [-0.2, -0.15) is 0 Å². The molecular formula is C22H36N6O7. The highest BCUT2D eigenvalue weighted by molar-refractivity contribution is 5.94. The van der Waals surface area contributed by atoms with E-state index >= 15 is 0 Å². The topological polar surface area (TPSA) is 217 Å². The third kappa shape index (κ3) is 10.5. The number of carboxylic acids is 2. The first-order valence-corrected chi connectivity index (χ1v) is 11.4. The average molecular weight is 497 g/mol. The molecule has 35 heavy (non-hydrogen) atoms. The van der Waals surface area contributed by atoms with E-state index in [1.807, 2.05) is 13.8 Å². The molecule has 1 aromatic heterocycles. The summed E-state index contributed by atoms with van der Waals surface area (Å²) in [5.41, 5.74) is 6.51. The van der Waals surface area contributed by atoms with E-state index in [1.165, 1.54) is 12.5 Å². The summed E-state index contributed by atoms with van der Waals surface area (Å²) in [6.45, 7) is 7.13. The van der Waals surface area contributed by atoms with Gasteiger partial charge in [-0.3, -0.25) is 19.2 Å². The summed E-state index contributed by atoms with van der Waals surface area (Å²) in [6.07, 6.45) is 2.60. The molecule has 4 unspecified atom stereocenters. The second-order valence-electron chi connectivity index (χ2n) is 9.14. The van der Waals surface area contributed by atoms with Gasteiger partial charge in [0.05, 0.1) is 12.4 Å². The van der Waals surface area contributed by atoms with Crippen LogP contribution in [-0.2, 0) is 30.4 Å². The average Bonchev–Trinajstić information content (AvgIpc) is 3.26. The molecule has 4 atom stereocenters. The highest BCUT2D eigenvalue weighted by atomic mass is 16.4. The van der Waals surface area contributed by atoms with Crippen molar-refractivity contribution in [3.63, 3.8) is 0 Å². The van der Waals surface area contributed by atoms with Gasteiger partial charge < -0.3 is 36.9 Å². The Morgan fingerprint density at radius 1 is 0.971 bits per heavy atom. The van der Waals surface area contributed by atoms with Gasteiger partial charge in [-0.05, 0) is 24.7 Å². The molecule has 0 aliphatic carbocycles. The number of nitrogens with one attached hydrogen (secondary N) is 4. The van der Waals surface area contributed by atoms with Crippen LogP contribution in [0.15, 0.2) is 12.5 Å². The first kappa shape index (κ1) is 29.6. The molecule has 0 fully saturated rings. The number of aliphatic carboxylic acids is 2. The number of hydrogen-bond acceptors (Lipinski definition) is 7. The molecule has 3 amide bonds. The number of nitrogens with two attached hydrogens (primary N) is 1. The van der Waals surface area contributed by atoms with Gasteiger partial charge in [-0.1, -0.05) is 27.7 Å². The van der Waals surface area contributed by atoms with Crippen LogP contribution in [0.5, 0.6) is 0 Å². The summed E-state index contributed by atoms with van der Waals surface area (Å²) in [6, 6.07) is -4.50. The van der Waals surface area contributed by atoms with Gasteiger partial charge in [0, 0.05) is 24.7 Å². The van der Waals surface area contributed by atoms with E-state index in [9.17, 15) is 29.1 Å². The number of carbonyl (C=O) groups is 5. The van der Waals surface area contributed by atoms with Gasteiger partial charge in [0.1, 0.15) is 18.1 Å². The number of carboxylic acid groups (broad SMARTS) is 2. The fraction of sp³-hybridized carbons (Fsp3) is 0.636. The summed E-state index contributed by atoms with van der Waals surface area (Å²) >= 11 is 0. The largest absolute Gasteiger partial charge is 0.481 e. The number of hydrogen-bond donors (Lipinski definition) is 7. The van der Waals surface area contributed by atoms with Crippen molar-refractivity contribution in [2.75, 3.05) is 0 Å². The molecule has 0 aliphatic heterocycles. The van der Waals surface area contributed by atoms with Gasteiger partial charge in [-0.15, -0.1) is 0 Å². The van der Waals surface area contributed by atoms with Gasteiger partial charge in [0.15, 0.2) is 0 Å². The quantitative estimate of drug-likeness (QED) is 0.164. The molecule has 8 N–H and O–H groups in total. The van der Waals surface area contributed by atoms with Crippen LogP contribution in [-0.4, -0.2) is 74.0 Å². The fourth-order valence-electron chi connectivity index (χ4n) is 3.29. The minimum atomic E-state index is -1.44. The SMILES string of the molecule is CC(C)CC(N)C(=O)NC(Cc1cnc[nH]1)C(=O)NC(C(=O)NC(CCC(=O)O)C(=O)O)C(C)C. The van der Waals surface area contributed by atoms with Crippen LogP contribution < -0.4 is 21.7 Å². The third-order valence-electron chi connectivity index (χ3n) is 5.18. The van der Waals surface area contributed by atoms with E-state index in [0.29, 0.717) is 12.1 Å². The van der Waals surface area contributed by atoms with E-state index in [0.717, 1.165) is 0 Å². The minimum absolute atomic E-state index is 0.0504. The standard InChI is InChI=1S/C22H36N6O7/c1-11(2)7-14(23)19(31)27-16(8-13-9-24-10-25-13)20(32)28-18(12(3)4)21(33)26-15(22(34)35)5-6-17(29)30/h9-12,14-16,18H,5-8,23H2,1-4H3,(H,24,25)(H,26,33)(H,27,31)(H,28,32)(H,29,30)(H,34,35). The van der Waals surface area contributed by atoms with Gasteiger partial charge in [-0.25, -0.2) is 9.78 Å². The number of aromatic amines is 1. The molecule has 196 valence electrons. The Kier molecular flexibility index (Phi) is 11.9. The second-order valence-corrected chi connectivity index (χ2v) is 9.14. The van der Waals surface area contributed by atoms with Crippen molar-refractivity contribution < 1.29 is 34.2 Å². The number of carbonyl (C=O) groups excluding carboxylic acids is 3. The number of aromatic nitrogens is 2. The molecule has 0 aliphatic rings. The molecule has 13 heteroatoms. The van der Waals surface area contributed by atoms with E-state index in [-0.39, 0.29) is 18.8 Å². The molecule has 0 saturated heterocycles. The molecule has 0 spiro atoms. The maximum atomic E-state index is 13.1. The highest BCUT2D eigenvalue weighted by Gasteiger charge is 2.32. The van der Waals surface area contributed by atoms with Crippen LogP contribution in [0.2, 0.25) is 0 Å². The Hall–Kier alpha value is -3.48. The number of nitrogens with zero attached hydrogens (tertiary/aromatic N) is 1. The molecule has 0 bridgehead atoms. The van der Waals surface area contributed by atoms with Gasteiger partial charge in [0.25, 0.3) is 0 Å². The molecule has 1 aromatic rings. The number of rotatable bonds is 15. The van der Waals surface area contributed by atoms with E-state index in [4.69, 9.17) is 10.8 Å². The van der Waals surface area contributed by atoms with Crippen LogP contribution >= 0.6 is 0 Å². The number of amides is 3. The maximum absolute atomic E-state index is 13.1. The highest BCUT2D eigenvalue weighted by Crippen LogP contribution is 2.08. The zero-order chi connectivity index (χ0) is 26.7. The van der Waals surface area contributed by atoms with Gasteiger partial charge in [0.2, 0.25) is 17.7 Å². The van der Waals surface area contributed by atoms with E-state index in [1.54, 1.807) is 13.8 Å². The third-order valence-corrected chi connectivity index (χ3v) is 5.18. The smallest absolute Gasteiger partial charge is 0.326 e. The predicted octanol–water partition coefficient (Wildman–Crippen LogP) is -0.615. The van der Waals surface area contributed by atoms with Crippen molar-refractivity contribution in [2.45, 2.75) is 77.5 Å². The van der Waals surface area contributed by atoms with Crippen molar-refractivity contribution >= 4 is 29.7 Å². The molecule has 0 radical (unpaired) electrons. The van der Waals surface area contributed by atoms with Gasteiger partial charge >= 0.3 is 11.9 Å². The van der Waals surface area contributed by atoms with Crippen LogP contribution in [0, 0.1) is 11.8 Å². The fourth-order valence-corrected chi connectivity index (χ4v) is 3.29. The monoisotopic (exact) mass is 496 g/mol. The summed E-state index contributed by atoms with van der Waals surface area (Å²) in [4.78, 5) is 67.5. The summed E-state index contributed by atoms with van der Waals surface area (Å²) < 4.78 is 0. The predicted molar refractivity (Wildman–Crippen MR) is 125 cm³/mol. The first-order chi connectivity index (χ1) is 16.3. The lowest BCUT2D eigenvalue weighted by molar-refractivity contribution is -0.143. The molecule has 0 saturated carbocycles. The summed E-state index contributed by atoms with van der Waals surface area (Å²) in [5, 5.41) is 25.6. The summed E-state index contributed by atoms with van der Waals surface area (Å²) in [7, 11) is 0. The van der Waals surface area contributed by atoms with Crippen molar-refractivity contribution in [2.24, 2.45) is 17.6 Å². The molecule has 13 nitrogen and oxygen atoms in total. The minimum Gasteiger partial charge on any atom is -0.481 e. The Labute approximate surface area is 203 Å². The van der Waals surface area contributed by atoms with E-state index in [2.05, 4.69) is 25.9 Å². The van der Waals surface area contributed by atoms with E-state index < -0.39 is 66.2 Å². The van der Waals surface area contributed by atoms with Crippen molar-refractivity contribution in [1.29, 1.82) is 0 Å². The van der Waals surface area contributed by atoms with Crippen LogP contribution in [0.3, 0.4) is 0 Å². The molecular weight excluding hydrogens is 460 g/mol.